The van der Waals surface area contributed by atoms with E-state index in [9.17, 15) is 9.59 Å². The van der Waals surface area contributed by atoms with Gasteiger partial charge in [-0.05, 0) is 48.9 Å². The summed E-state index contributed by atoms with van der Waals surface area (Å²) in [4.78, 5) is 23.6. The van der Waals surface area contributed by atoms with E-state index in [1.807, 2.05) is 13.0 Å². The normalized spacial score (nSPS) is 10.0. The van der Waals surface area contributed by atoms with Gasteiger partial charge in [0.05, 0.1) is 6.61 Å². The predicted molar refractivity (Wildman–Crippen MR) is 89.5 cm³/mol. The monoisotopic (exact) mass is 332 g/mol. The minimum atomic E-state index is -0.726. The Hall–Kier alpha value is -2.53. The molecule has 0 aromatic heterocycles. The molecular weight excluding hydrogens is 316 g/mol. The maximum atomic E-state index is 11.8. The van der Waals surface area contributed by atoms with Crippen molar-refractivity contribution < 1.29 is 14.3 Å². The molecule has 0 heterocycles. The molecule has 0 bridgehead atoms. The van der Waals surface area contributed by atoms with Gasteiger partial charge in [0, 0.05) is 17.3 Å². The number of benzene rings is 2. The second kappa shape index (κ2) is 8.19. The van der Waals surface area contributed by atoms with Crippen LogP contribution in [0.2, 0.25) is 5.02 Å². The third kappa shape index (κ3) is 5.30. The molecule has 0 aliphatic heterocycles. The fourth-order valence-corrected chi connectivity index (χ4v) is 2.11. The predicted octanol–water partition coefficient (Wildman–Crippen LogP) is 2.99. The van der Waals surface area contributed by atoms with E-state index >= 15 is 0 Å². The van der Waals surface area contributed by atoms with Crippen LogP contribution in [-0.4, -0.2) is 18.4 Å². The summed E-state index contributed by atoms with van der Waals surface area (Å²) < 4.78 is 5.31. The van der Waals surface area contributed by atoms with Gasteiger partial charge < -0.3 is 15.4 Å². The number of ether oxygens (including phenoxy) is 1. The second-order valence-corrected chi connectivity index (χ2v) is 5.16. The molecule has 23 heavy (non-hydrogen) atoms. The van der Waals surface area contributed by atoms with Crippen molar-refractivity contribution in [3.63, 3.8) is 0 Å². The van der Waals surface area contributed by atoms with E-state index in [0.29, 0.717) is 23.1 Å². The van der Waals surface area contributed by atoms with Crippen LogP contribution in [0.5, 0.6) is 5.75 Å². The number of halogens is 1. The summed E-state index contributed by atoms with van der Waals surface area (Å²) in [6.45, 7) is 2.69. The fraction of sp³-hybridized carbons (Fsp3) is 0.176. The minimum Gasteiger partial charge on any atom is -0.494 e. The number of anilines is 1. The Morgan fingerprint density at radius 2 is 1.83 bits per heavy atom. The standard InChI is InChI=1S/C17H17ClN2O3/c1-2-23-15-8-6-14(7-9-15)20-17(22)16(21)19-11-12-4-3-5-13(18)10-12/h3-10H,2,11H2,1H3,(H,19,21)(H,20,22). The van der Waals surface area contributed by atoms with Gasteiger partial charge in [-0.3, -0.25) is 9.59 Å². The lowest BCUT2D eigenvalue weighted by atomic mass is 10.2. The van der Waals surface area contributed by atoms with E-state index in [0.717, 1.165) is 5.56 Å². The lowest BCUT2D eigenvalue weighted by Gasteiger charge is -2.08. The van der Waals surface area contributed by atoms with E-state index in [2.05, 4.69) is 10.6 Å². The van der Waals surface area contributed by atoms with Crippen LogP contribution in [0, 0.1) is 0 Å². The first-order chi connectivity index (χ1) is 11.1. The molecule has 2 rings (SSSR count). The van der Waals surface area contributed by atoms with Crippen molar-refractivity contribution in [2.24, 2.45) is 0 Å². The SMILES string of the molecule is CCOc1ccc(NC(=O)C(=O)NCc2cccc(Cl)c2)cc1. The number of rotatable bonds is 5. The lowest BCUT2D eigenvalue weighted by Crippen LogP contribution is -2.34. The Bertz CT molecular complexity index is 686. The zero-order valence-corrected chi connectivity index (χ0v) is 13.4. The maximum absolute atomic E-state index is 11.8. The average Bonchev–Trinajstić information content (AvgIpc) is 2.54. The first kappa shape index (κ1) is 16.8. The lowest BCUT2D eigenvalue weighted by molar-refractivity contribution is -0.136. The summed E-state index contributed by atoms with van der Waals surface area (Å²) in [5, 5.41) is 5.65. The van der Waals surface area contributed by atoms with Crippen molar-refractivity contribution in [1.82, 2.24) is 5.32 Å². The van der Waals surface area contributed by atoms with Crippen LogP contribution in [0.3, 0.4) is 0 Å². The largest absolute Gasteiger partial charge is 0.494 e. The molecule has 5 nitrogen and oxygen atoms in total. The minimum absolute atomic E-state index is 0.232. The fourth-order valence-electron chi connectivity index (χ4n) is 1.90. The Balaban J connectivity index is 1.86. The Labute approximate surface area is 139 Å². The van der Waals surface area contributed by atoms with E-state index < -0.39 is 11.8 Å². The molecule has 0 atom stereocenters. The van der Waals surface area contributed by atoms with Crippen LogP contribution in [0.25, 0.3) is 0 Å². The van der Waals surface area contributed by atoms with Gasteiger partial charge in [0.15, 0.2) is 0 Å². The molecule has 0 aliphatic rings. The van der Waals surface area contributed by atoms with Crippen molar-refractivity contribution in [1.29, 1.82) is 0 Å². The summed E-state index contributed by atoms with van der Waals surface area (Å²) in [6.07, 6.45) is 0. The Morgan fingerprint density at radius 1 is 1.09 bits per heavy atom. The highest BCUT2D eigenvalue weighted by Gasteiger charge is 2.13. The van der Waals surface area contributed by atoms with Crippen LogP contribution >= 0.6 is 11.6 Å². The molecule has 2 N–H and O–H groups in total. The molecule has 2 aromatic carbocycles. The number of hydrogen-bond acceptors (Lipinski definition) is 3. The van der Waals surface area contributed by atoms with Crippen LogP contribution in [0.1, 0.15) is 12.5 Å². The molecule has 2 amide bonds. The molecule has 0 radical (unpaired) electrons. The van der Waals surface area contributed by atoms with Gasteiger partial charge in [0.2, 0.25) is 0 Å². The van der Waals surface area contributed by atoms with Crippen LogP contribution in [-0.2, 0) is 16.1 Å². The third-order valence-corrected chi connectivity index (χ3v) is 3.21. The zero-order valence-electron chi connectivity index (χ0n) is 12.6. The molecule has 0 spiro atoms. The zero-order chi connectivity index (χ0) is 16.7. The number of hydrogen-bond donors (Lipinski definition) is 2. The second-order valence-electron chi connectivity index (χ2n) is 4.72. The van der Waals surface area contributed by atoms with Crippen molar-refractivity contribution in [2.45, 2.75) is 13.5 Å². The summed E-state index contributed by atoms with van der Waals surface area (Å²) in [5.41, 5.74) is 1.34. The highest BCUT2D eigenvalue weighted by atomic mass is 35.5. The van der Waals surface area contributed by atoms with E-state index in [4.69, 9.17) is 16.3 Å². The number of carbonyl (C=O) groups is 2. The molecule has 2 aromatic rings. The Morgan fingerprint density at radius 3 is 2.48 bits per heavy atom. The summed E-state index contributed by atoms with van der Waals surface area (Å²) >= 11 is 5.86. The van der Waals surface area contributed by atoms with Gasteiger partial charge >= 0.3 is 11.8 Å². The van der Waals surface area contributed by atoms with Crippen LogP contribution < -0.4 is 15.4 Å². The molecule has 0 unspecified atom stereocenters. The molecule has 0 aliphatic carbocycles. The van der Waals surface area contributed by atoms with Crippen molar-refractivity contribution in [2.75, 3.05) is 11.9 Å². The number of amides is 2. The highest BCUT2D eigenvalue weighted by molar-refractivity contribution is 6.39. The third-order valence-electron chi connectivity index (χ3n) is 2.97. The van der Waals surface area contributed by atoms with Gasteiger partial charge in [-0.1, -0.05) is 23.7 Å². The van der Waals surface area contributed by atoms with Gasteiger partial charge in [0.1, 0.15) is 5.75 Å². The highest BCUT2D eigenvalue weighted by Crippen LogP contribution is 2.15. The maximum Gasteiger partial charge on any atom is 0.313 e. The topological polar surface area (TPSA) is 67.4 Å². The number of nitrogens with one attached hydrogen (secondary N) is 2. The molecule has 120 valence electrons. The van der Waals surface area contributed by atoms with E-state index in [1.54, 1.807) is 42.5 Å². The smallest absolute Gasteiger partial charge is 0.313 e. The Kier molecular flexibility index (Phi) is 6.00. The van der Waals surface area contributed by atoms with Gasteiger partial charge in [0.25, 0.3) is 0 Å². The van der Waals surface area contributed by atoms with E-state index in [-0.39, 0.29) is 6.54 Å². The molecule has 0 fully saturated rings. The molecule has 6 heteroatoms. The quantitative estimate of drug-likeness (QED) is 0.827. The molecule has 0 saturated carbocycles. The summed E-state index contributed by atoms with van der Waals surface area (Å²) in [5.74, 6) is -0.731. The summed E-state index contributed by atoms with van der Waals surface area (Å²) in [7, 11) is 0. The first-order valence-electron chi connectivity index (χ1n) is 7.15. The molecular formula is C17H17ClN2O3. The first-order valence-corrected chi connectivity index (χ1v) is 7.52. The number of carbonyl (C=O) groups excluding carboxylic acids is 2. The molecule has 0 saturated heterocycles. The van der Waals surface area contributed by atoms with E-state index in [1.165, 1.54) is 0 Å². The van der Waals surface area contributed by atoms with Gasteiger partial charge in [-0.15, -0.1) is 0 Å². The van der Waals surface area contributed by atoms with Gasteiger partial charge in [-0.25, -0.2) is 0 Å². The van der Waals surface area contributed by atoms with Crippen molar-refractivity contribution in [3.8, 4) is 5.75 Å². The average molecular weight is 333 g/mol. The summed E-state index contributed by atoms with van der Waals surface area (Å²) in [6, 6.07) is 13.9. The van der Waals surface area contributed by atoms with Crippen LogP contribution in [0.4, 0.5) is 5.69 Å². The van der Waals surface area contributed by atoms with Crippen LogP contribution in [0.15, 0.2) is 48.5 Å². The van der Waals surface area contributed by atoms with Crippen molar-refractivity contribution >= 4 is 29.1 Å². The van der Waals surface area contributed by atoms with Crippen molar-refractivity contribution in [3.05, 3.63) is 59.1 Å². The van der Waals surface area contributed by atoms with Gasteiger partial charge in [-0.2, -0.15) is 0 Å².